The van der Waals surface area contributed by atoms with Gasteiger partial charge in [0.25, 0.3) is 11.6 Å². The maximum atomic E-state index is 13.0. The molecule has 1 aliphatic rings. The first kappa shape index (κ1) is 21.9. The van der Waals surface area contributed by atoms with E-state index in [1.165, 1.54) is 27.4 Å². The highest BCUT2D eigenvalue weighted by Crippen LogP contribution is 2.26. The number of rotatable bonds is 4. The minimum absolute atomic E-state index is 0.0107. The molecule has 1 amide bonds. The first-order valence-electron chi connectivity index (χ1n) is 9.65. The number of benzene rings is 2. The number of para-hydroxylation sites is 1. The van der Waals surface area contributed by atoms with Crippen LogP contribution in [0.1, 0.15) is 36.7 Å². The van der Waals surface area contributed by atoms with E-state index < -0.39 is 20.9 Å². The molecular formula is C21H25N3O5S. The fraction of sp³-hybridized carbons (Fsp3) is 0.381. The molecule has 0 radical (unpaired) electrons. The monoisotopic (exact) mass is 431 g/mol. The summed E-state index contributed by atoms with van der Waals surface area (Å²) < 4.78 is 27.3. The first-order chi connectivity index (χ1) is 14.0. The number of hydrogen-bond donors (Lipinski definition) is 0. The summed E-state index contributed by atoms with van der Waals surface area (Å²) in [5.41, 5.74) is 0.725. The van der Waals surface area contributed by atoms with Crippen LogP contribution in [0.3, 0.4) is 0 Å². The molecule has 3 rings (SSSR count). The van der Waals surface area contributed by atoms with Gasteiger partial charge in [-0.1, -0.05) is 45.0 Å². The van der Waals surface area contributed by atoms with Crippen molar-refractivity contribution in [3.05, 3.63) is 69.8 Å². The number of nitro groups is 1. The van der Waals surface area contributed by atoms with Crippen LogP contribution in [-0.2, 0) is 15.4 Å². The van der Waals surface area contributed by atoms with Gasteiger partial charge >= 0.3 is 0 Å². The van der Waals surface area contributed by atoms with E-state index in [1.807, 2.05) is 12.1 Å². The van der Waals surface area contributed by atoms with Gasteiger partial charge in [0.05, 0.1) is 9.82 Å². The highest BCUT2D eigenvalue weighted by molar-refractivity contribution is 7.89. The molecule has 0 aromatic heterocycles. The van der Waals surface area contributed by atoms with E-state index in [2.05, 4.69) is 20.8 Å². The lowest BCUT2D eigenvalue weighted by Crippen LogP contribution is -2.50. The summed E-state index contributed by atoms with van der Waals surface area (Å²) in [5.74, 6) is -0.464. The maximum Gasteiger partial charge on any atom is 0.282 e. The number of hydrogen-bond acceptors (Lipinski definition) is 5. The number of amides is 1. The minimum atomic E-state index is -3.67. The van der Waals surface area contributed by atoms with Gasteiger partial charge in [-0.2, -0.15) is 4.31 Å². The summed E-state index contributed by atoms with van der Waals surface area (Å²) in [6.45, 7) is 6.79. The number of nitro benzene ring substituents is 1. The summed E-state index contributed by atoms with van der Waals surface area (Å²) >= 11 is 0. The average molecular weight is 432 g/mol. The maximum absolute atomic E-state index is 13.0. The summed E-state index contributed by atoms with van der Waals surface area (Å²) in [7, 11) is -3.67. The smallest absolute Gasteiger partial charge is 0.282 e. The summed E-state index contributed by atoms with van der Waals surface area (Å²) in [4.78, 5) is 25.0. The predicted molar refractivity (Wildman–Crippen MR) is 113 cm³/mol. The largest absolute Gasteiger partial charge is 0.336 e. The van der Waals surface area contributed by atoms with Crippen LogP contribution in [0.5, 0.6) is 0 Å². The molecule has 0 spiro atoms. The molecule has 0 atom stereocenters. The van der Waals surface area contributed by atoms with Crippen LogP contribution in [0.15, 0.2) is 53.4 Å². The molecule has 9 heteroatoms. The highest BCUT2D eigenvalue weighted by atomic mass is 32.2. The van der Waals surface area contributed by atoms with E-state index in [9.17, 15) is 23.3 Å². The number of nitrogens with zero attached hydrogens (tertiary/aromatic N) is 3. The van der Waals surface area contributed by atoms with Crippen molar-refractivity contribution in [3.63, 3.8) is 0 Å². The van der Waals surface area contributed by atoms with Crippen LogP contribution in [0.2, 0.25) is 0 Å². The quantitative estimate of drug-likeness (QED) is 0.547. The van der Waals surface area contributed by atoms with E-state index >= 15 is 0 Å². The van der Waals surface area contributed by atoms with Gasteiger partial charge in [-0.05, 0) is 29.2 Å². The second-order valence-electron chi connectivity index (χ2n) is 8.24. The third kappa shape index (κ3) is 4.36. The van der Waals surface area contributed by atoms with Crippen molar-refractivity contribution < 1.29 is 18.1 Å². The van der Waals surface area contributed by atoms with Crippen molar-refractivity contribution in [1.29, 1.82) is 0 Å². The van der Waals surface area contributed by atoms with Gasteiger partial charge in [0.1, 0.15) is 5.56 Å². The van der Waals surface area contributed by atoms with Crippen LogP contribution in [0.4, 0.5) is 5.69 Å². The Morgan fingerprint density at radius 1 is 0.967 bits per heavy atom. The third-order valence-electron chi connectivity index (χ3n) is 5.22. The normalized spacial score (nSPS) is 15.8. The molecule has 0 saturated carbocycles. The molecule has 2 aromatic rings. The molecule has 0 unspecified atom stereocenters. The van der Waals surface area contributed by atoms with E-state index in [-0.39, 0.29) is 47.7 Å². The summed E-state index contributed by atoms with van der Waals surface area (Å²) in [6.07, 6.45) is 0. The summed E-state index contributed by atoms with van der Waals surface area (Å²) in [5, 5.41) is 11.2. The lowest BCUT2D eigenvalue weighted by molar-refractivity contribution is -0.385. The van der Waals surface area contributed by atoms with E-state index in [4.69, 9.17) is 0 Å². The molecule has 1 saturated heterocycles. The highest BCUT2D eigenvalue weighted by Gasteiger charge is 2.32. The second-order valence-corrected chi connectivity index (χ2v) is 10.2. The fourth-order valence-electron chi connectivity index (χ4n) is 3.39. The molecule has 0 N–H and O–H groups in total. The first-order valence-corrected chi connectivity index (χ1v) is 11.1. The van der Waals surface area contributed by atoms with Crippen LogP contribution >= 0.6 is 0 Å². The van der Waals surface area contributed by atoms with Gasteiger partial charge in [-0.15, -0.1) is 0 Å². The molecule has 8 nitrogen and oxygen atoms in total. The molecule has 1 aliphatic heterocycles. The van der Waals surface area contributed by atoms with E-state index in [0.717, 1.165) is 5.56 Å². The molecule has 1 fully saturated rings. The van der Waals surface area contributed by atoms with E-state index in [0.29, 0.717) is 0 Å². The van der Waals surface area contributed by atoms with Crippen LogP contribution < -0.4 is 0 Å². The van der Waals surface area contributed by atoms with Crippen molar-refractivity contribution in [2.45, 2.75) is 31.1 Å². The third-order valence-corrected chi connectivity index (χ3v) is 7.13. The molecule has 1 heterocycles. The molecule has 0 bridgehead atoms. The Kier molecular flexibility index (Phi) is 5.96. The molecule has 30 heavy (non-hydrogen) atoms. The van der Waals surface area contributed by atoms with Gasteiger partial charge in [-0.3, -0.25) is 14.9 Å². The van der Waals surface area contributed by atoms with Gasteiger partial charge in [0.2, 0.25) is 10.0 Å². The predicted octanol–water partition coefficient (Wildman–Crippen LogP) is 3.04. The lowest BCUT2D eigenvalue weighted by atomic mass is 9.87. The molecule has 160 valence electrons. The zero-order valence-electron chi connectivity index (χ0n) is 17.2. The Hall–Kier alpha value is -2.78. The zero-order chi connectivity index (χ0) is 22.1. The molecule has 2 aromatic carbocycles. The number of piperazine rings is 1. The Bertz CT molecular complexity index is 1050. The number of carbonyl (C=O) groups is 1. The van der Waals surface area contributed by atoms with Gasteiger partial charge in [0, 0.05) is 32.2 Å². The fourth-order valence-corrected chi connectivity index (χ4v) is 4.81. The van der Waals surface area contributed by atoms with Gasteiger partial charge in [0.15, 0.2) is 0 Å². The average Bonchev–Trinajstić information content (AvgIpc) is 2.72. The SMILES string of the molecule is CC(C)(C)c1ccc(S(=O)(=O)N2CCN(C(=O)c3ccccc3[N+](=O)[O-])CC2)cc1. The second kappa shape index (κ2) is 8.16. The Morgan fingerprint density at radius 2 is 1.53 bits per heavy atom. The Balaban J connectivity index is 1.72. The molecule has 0 aliphatic carbocycles. The number of sulfonamides is 1. The Morgan fingerprint density at radius 3 is 2.07 bits per heavy atom. The van der Waals surface area contributed by atoms with Crippen molar-refractivity contribution in [2.24, 2.45) is 0 Å². The standard InChI is InChI=1S/C21H25N3O5S/c1-21(2,3)16-8-10-17(11-9-16)30(28,29)23-14-12-22(13-15-23)20(25)18-6-4-5-7-19(18)24(26)27/h4-11H,12-15H2,1-3H3. The van der Waals surface area contributed by atoms with Crippen molar-refractivity contribution in [2.75, 3.05) is 26.2 Å². The lowest BCUT2D eigenvalue weighted by Gasteiger charge is -2.34. The zero-order valence-corrected chi connectivity index (χ0v) is 18.1. The molecular weight excluding hydrogens is 406 g/mol. The summed E-state index contributed by atoms with van der Waals surface area (Å²) in [6, 6.07) is 12.6. The van der Waals surface area contributed by atoms with Crippen molar-refractivity contribution in [1.82, 2.24) is 9.21 Å². The van der Waals surface area contributed by atoms with Gasteiger partial charge in [-0.25, -0.2) is 8.42 Å². The van der Waals surface area contributed by atoms with Crippen molar-refractivity contribution in [3.8, 4) is 0 Å². The number of carbonyl (C=O) groups excluding carboxylic acids is 1. The van der Waals surface area contributed by atoms with Crippen LogP contribution in [0, 0.1) is 10.1 Å². The minimum Gasteiger partial charge on any atom is -0.336 e. The van der Waals surface area contributed by atoms with Crippen LogP contribution in [0.25, 0.3) is 0 Å². The topological polar surface area (TPSA) is 101 Å². The van der Waals surface area contributed by atoms with Crippen molar-refractivity contribution >= 4 is 21.6 Å². The Labute approximate surface area is 176 Å². The van der Waals surface area contributed by atoms with Gasteiger partial charge < -0.3 is 4.90 Å². The van der Waals surface area contributed by atoms with Crippen LogP contribution in [-0.4, -0.2) is 54.6 Å². The van der Waals surface area contributed by atoms with E-state index in [1.54, 1.807) is 18.2 Å².